The standard InChI is InChI=1S/C43H78OSi/c1-27-24-34-32(29-20-22-31(23-21-29)42(3,4)5)18-15-19-33(34)40(27)45(10,11)41-28(2)25-35-36(41)26-37(43(6,7)8)39(44-9)38(35)30-16-13-12-14-17-30/h27-41H,12-26H2,1-11H3/t27?,28?,29?,31?,32-,33?,34?,35?,36?,37?,38-,39?,40?,41?/m1/s1. The van der Waals surface area contributed by atoms with Gasteiger partial charge in [0.05, 0.1) is 14.2 Å². The molecule has 0 radical (unpaired) electrons. The molecule has 0 bridgehead atoms. The maximum atomic E-state index is 6.65. The molecule has 12 atom stereocenters. The van der Waals surface area contributed by atoms with Crippen molar-refractivity contribution in [3.8, 4) is 0 Å². The second-order valence-corrected chi connectivity index (χ2v) is 26.4. The van der Waals surface area contributed by atoms with Crippen molar-refractivity contribution in [2.45, 2.75) is 182 Å². The number of hydrogen-bond donors (Lipinski definition) is 0. The molecule has 0 N–H and O–H groups in total. The molecule has 0 spiro atoms. The van der Waals surface area contributed by atoms with Crippen LogP contribution in [0.1, 0.15) is 152 Å². The van der Waals surface area contributed by atoms with E-state index in [2.05, 4.69) is 75.6 Å². The van der Waals surface area contributed by atoms with E-state index in [0.717, 1.165) is 76.2 Å². The van der Waals surface area contributed by atoms with Gasteiger partial charge in [0.25, 0.3) is 0 Å². The van der Waals surface area contributed by atoms with Gasteiger partial charge in [0.1, 0.15) is 0 Å². The van der Waals surface area contributed by atoms with Gasteiger partial charge >= 0.3 is 0 Å². The Hall–Kier alpha value is 0.177. The molecular formula is C43H78OSi. The predicted octanol–water partition coefficient (Wildman–Crippen LogP) is 12.9. The minimum atomic E-state index is -1.54. The summed E-state index contributed by atoms with van der Waals surface area (Å²) in [6.45, 7) is 26.6. The molecule has 0 aliphatic heterocycles. The third-order valence-electron chi connectivity index (χ3n) is 16.9. The molecular weight excluding hydrogens is 561 g/mol. The molecule has 260 valence electrons. The lowest BCUT2D eigenvalue weighted by atomic mass is 9.56. The van der Waals surface area contributed by atoms with E-state index in [1.807, 2.05) is 0 Å². The first-order chi connectivity index (χ1) is 21.1. The number of ether oxygens (including phenoxy) is 1. The van der Waals surface area contributed by atoms with E-state index in [9.17, 15) is 0 Å². The van der Waals surface area contributed by atoms with Gasteiger partial charge in [0.15, 0.2) is 0 Å². The number of methoxy groups -OCH3 is 1. The summed E-state index contributed by atoms with van der Waals surface area (Å²) in [5.41, 5.74) is 2.91. The Balaban J connectivity index is 1.25. The minimum Gasteiger partial charge on any atom is -0.381 e. The van der Waals surface area contributed by atoms with Crippen LogP contribution in [0.15, 0.2) is 0 Å². The summed E-state index contributed by atoms with van der Waals surface area (Å²) < 4.78 is 6.65. The largest absolute Gasteiger partial charge is 0.381 e. The molecule has 10 unspecified atom stereocenters. The third-order valence-corrected chi connectivity index (χ3v) is 22.3. The first-order valence-electron chi connectivity index (χ1n) is 20.7. The maximum absolute atomic E-state index is 6.65. The van der Waals surface area contributed by atoms with E-state index in [-0.39, 0.29) is 0 Å². The number of hydrogen-bond acceptors (Lipinski definition) is 1. The van der Waals surface area contributed by atoms with Crippen LogP contribution >= 0.6 is 0 Å². The molecule has 2 heteroatoms. The van der Waals surface area contributed by atoms with Gasteiger partial charge < -0.3 is 4.74 Å². The minimum absolute atomic E-state index is 0.328. The van der Waals surface area contributed by atoms with E-state index in [1.54, 1.807) is 19.3 Å². The molecule has 6 saturated carbocycles. The second-order valence-electron chi connectivity index (χ2n) is 21.4. The Bertz CT molecular complexity index is 973. The third kappa shape index (κ3) is 6.47. The predicted molar refractivity (Wildman–Crippen MR) is 197 cm³/mol. The molecule has 0 heterocycles. The lowest BCUT2D eigenvalue weighted by Crippen LogP contribution is -2.53. The van der Waals surface area contributed by atoms with E-state index in [4.69, 9.17) is 4.74 Å². The SMILES string of the molecule is COC1C(C(C)(C)C)CC2C(CC(C)C2[Si](C)(C)C2C(C)CC3C2CCC[C@@H]3C2CCC(C(C)(C)C)CC2)[C@H]1C1CCCCC1. The van der Waals surface area contributed by atoms with Crippen LogP contribution in [-0.2, 0) is 4.74 Å². The van der Waals surface area contributed by atoms with E-state index in [1.165, 1.54) is 77.0 Å². The zero-order valence-electron chi connectivity index (χ0n) is 32.2. The molecule has 0 saturated heterocycles. The van der Waals surface area contributed by atoms with Gasteiger partial charge in [-0.1, -0.05) is 113 Å². The van der Waals surface area contributed by atoms with Gasteiger partial charge in [0.2, 0.25) is 0 Å². The van der Waals surface area contributed by atoms with Crippen LogP contribution in [-0.4, -0.2) is 21.3 Å². The molecule has 6 aliphatic carbocycles. The van der Waals surface area contributed by atoms with Gasteiger partial charge in [-0.25, -0.2) is 0 Å². The van der Waals surface area contributed by atoms with Crippen LogP contribution in [0.25, 0.3) is 0 Å². The van der Waals surface area contributed by atoms with Crippen LogP contribution in [0.4, 0.5) is 0 Å². The molecule has 6 rings (SSSR count). The van der Waals surface area contributed by atoms with Crippen molar-refractivity contribution in [1.82, 2.24) is 0 Å². The van der Waals surface area contributed by atoms with E-state index in [0.29, 0.717) is 22.9 Å². The van der Waals surface area contributed by atoms with Crippen molar-refractivity contribution in [3.05, 3.63) is 0 Å². The lowest BCUT2D eigenvalue weighted by molar-refractivity contribution is -0.117. The fourth-order valence-electron chi connectivity index (χ4n) is 15.4. The van der Waals surface area contributed by atoms with E-state index >= 15 is 0 Å². The Morgan fingerprint density at radius 3 is 1.69 bits per heavy atom. The van der Waals surface area contributed by atoms with Crippen molar-refractivity contribution in [1.29, 1.82) is 0 Å². The average Bonchev–Trinajstić information content (AvgIpc) is 3.51. The van der Waals surface area contributed by atoms with Crippen LogP contribution in [0, 0.1) is 81.8 Å². The topological polar surface area (TPSA) is 9.23 Å². The van der Waals surface area contributed by atoms with Crippen LogP contribution < -0.4 is 0 Å². The molecule has 6 fully saturated rings. The van der Waals surface area contributed by atoms with Gasteiger partial charge in [-0.15, -0.1) is 0 Å². The van der Waals surface area contributed by atoms with Crippen LogP contribution in [0.5, 0.6) is 0 Å². The highest BCUT2D eigenvalue weighted by molar-refractivity contribution is 6.80. The second kappa shape index (κ2) is 13.1. The van der Waals surface area contributed by atoms with Crippen molar-refractivity contribution in [2.75, 3.05) is 7.11 Å². The van der Waals surface area contributed by atoms with Crippen LogP contribution in [0.3, 0.4) is 0 Å². The van der Waals surface area contributed by atoms with Gasteiger partial charge in [-0.05, 0) is 144 Å². The Labute approximate surface area is 283 Å². The Morgan fingerprint density at radius 2 is 1.11 bits per heavy atom. The highest BCUT2D eigenvalue weighted by atomic mass is 28.3. The lowest BCUT2D eigenvalue weighted by Gasteiger charge is -2.55. The van der Waals surface area contributed by atoms with Gasteiger partial charge in [-0.2, -0.15) is 0 Å². The molecule has 6 aliphatic rings. The fraction of sp³-hybridized carbons (Fsp3) is 1.00. The fourth-order valence-corrected chi connectivity index (χ4v) is 22.0. The summed E-state index contributed by atoms with van der Waals surface area (Å²) in [6, 6.07) is 0. The summed E-state index contributed by atoms with van der Waals surface area (Å²) >= 11 is 0. The first-order valence-corrected chi connectivity index (χ1v) is 23.8. The molecule has 0 amide bonds. The van der Waals surface area contributed by atoms with Crippen LogP contribution in [0.2, 0.25) is 24.2 Å². The highest BCUT2D eigenvalue weighted by Gasteiger charge is 2.63. The van der Waals surface area contributed by atoms with Crippen molar-refractivity contribution in [3.63, 3.8) is 0 Å². The summed E-state index contributed by atoms with van der Waals surface area (Å²) in [6.07, 6.45) is 23.1. The Kier molecular flexibility index (Phi) is 10.2. The molecule has 0 aromatic carbocycles. The van der Waals surface area contributed by atoms with Crippen molar-refractivity contribution in [2.24, 2.45) is 81.8 Å². The normalized spacial score (nSPS) is 47.0. The van der Waals surface area contributed by atoms with Gasteiger partial charge in [-0.3, -0.25) is 0 Å². The monoisotopic (exact) mass is 639 g/mol. The molecule has 0 aromatic rings. The average molecular weight is 639 g/mol. The first kappa shape index (κ1) is 35.0. The molecule has 1 nitrogen and oxygen atoms in total. The zero-order chi connectivity index (χ0) is 32.5. The smallest absolute Gasteiger partial charge is 0.0638 e. The van der Waals surface area contributed by atoms with Crippen molar-refractivity contribution < 1.29 is 4.74 Å². The summed E-state index contributed by atoms with van der Waals surface area (Å²) in [5.74, 6) is 11.3. The summed E-state index contributed by atoms with van der Waals surface area (Å²) in [7, 11) is 0.551. The molecule has 45 heavy (non-hydrogen) atoms. The van der Waals surface area contributed by atoms with Gasteiger partial charge in [0, 0.05) is 7.11 Å². The van der Waals surface area contributed by atoms with Crippen molar-refractivity contribution >= 4 is 8.07 Å². The number of fused-ring (bicyclic) bond motifs is 2. The summed E-state index contributed by atoms with van der Waals surface area (Å²) in [4.78, 5) is 0. The highest BCUT2D eigenvalue weighted by Crippen LogP contribution is 2.68. The summed E-state index contributed by atoms with van der Waals surface area (Å²) in [5, 5.41) is 0. The number of rotatable bonds is 5. The quantitative estimate of drug-likeness (QED) is 0.272. The molecule has 0 aromatic heterocycles. The zero-order valence-corrected chi connectivity index (χ0v) is 33.2. The maximum Gasteiger partial charge on any atom is 0.0638 e. The van der Waals surface area contributed by atoms with E-state index < -0.39 is 8.07 Å². The Morgan fingerprint density at radius 1 is 0.533 bits per heavy atom.